The molecule has 9 heteroatoms. The lowest BCUT2D eigenvalue weighted by molar-refractivity contribution is -0.870. The number of quaternary nitrogens is 1. The summed E-state index contributed by atoms with van der Waals surface area (Å²) in [6.45, 7) is 4.95. The van der Waals surface area contributed by atoms with Crippen LogP contribution in [0.4, 0.5) is 0 Å². The Morgan fingerprint density at radius 2 is 0.574 bits per heavy atom. The Balaban J connectivity index is 3.94. The first kappa shape index (κ1) is 91.5. The number of hydrogen-bond acceptors (Lipinski definition) is 7. The summed E-state index contributed by atoms with van der Waals surface area (Å²) < 4.78 is 23.1. The van der Waals surface area contributed by atoms with Crippen LogP contribution in [0.25, 0.3) is 0 Å². The Morgan fingerprint density at radius 1 is 0.319 bits per heavy atom. The van der Waals surface area contributed by atoms with Gasteiger partial charge in [0.25, 0.3) is 6.29 Å². The van der Waals surface area contributed by atoms with Crippen molar-refractivity contribution in [3.63, 3.8) is 0 Å². The molecular formula is C85H162NO8+. The smallest absolute Gasteiger partial charge is 0.361 e. The Hall–Kier alpha value is -2.49. The number of carboxylic acids is 1. The molecular weight excluding hydrogens is 1160 g/mol. The van der Waals surface area contributed by atoms with Crippen LogP contribution in [0.2, 0.25) is 0 Å². The second-order valence-electron chi connectivity index (χ2n) is 29.8. The number of esters is 2. The number of aliphatic carboxylic acids is 1. The molecule has 0 aromatic heterocycles. The third-order valence-electron chi connectivity index (χ3n) is 19.1. The normalized spacial score (nSPS) is 12.7. The number of ether oxygens (including phenoxy) is 4. The molecule has 2 atom stereocenters. The minimum absolute atomic E-state index is 0.174. The molecule has 0 saturated heterocycles. The van der Waals surface area contributed by atoms with Gasteiger partial charge in [0, 0.05) is 12.8 Å². The van der Waals surface area contributed by atoms with Crippen molar-refractivity contribution in [3.8, 4) is 0 Å². The van der Waals surface area contributed by atoms with Gasteiger partial charge in [0.2, 0.25) is 0 Å². The highest BCUT2D eigenvalue weighted by Crippen LogP contribution is 2.20. The lowest BCUT2D eigenvalue weighted by Crippen LogP contribution is -2.40. The van der Waals surface area contributed by atoms with Crippen molar-refractivity contribution in [2.24, 2.45) is 0 Å². The summed E-state index contributed by atoms with van der Waals surface area (Å²) in [5.41, 5.74) is 0. The van der Waals surface area contributed by atoms with E-state index in [9.17, 15) is 19.5 Å². The molecule has 0 bridgehead atoms. The van der Waals surface area contributed by atoms with Crippen molar-refractivity contribution in [3.05, 3.63) is 36.5 Å². The first-order valence-corrected chi connectivity index (χ1v) is 41.7. The zero-order valence-corrected chi connectivity index (χ0v) is 63.7. The van der Waals surface area contributed by atoms with E-state index in [2.05, 4.69) is 50.3 Å². The van der Waals surface area contributed by atoms with E-state index in [0.717, 1.165) is 51.4 Å². The molecule has 554 valence electrons. The molecule has 0 aromatic rings. The molecule has 2 unspecified atom stereocenters. The number of hydrogen-bond donors (Lipinski definition) is 1. The van der Waals surface area contributed by atoms with Crippen LogP contribution >= 0.6 is 0 Å². The molecule has 0 aliphatic carbocycles. The molecule has 0 aliphatic rings. The predicted molar refractivity (Wildman–Crippen MR) is 406 cm³/mol. The molecule has 0 spiro atoms. The number of unbranched alkanes of at least 4 members (excludes halogenated alkanes) is 58. The summed E-state index contributed by atoms with van der Waals surface area (Å²) in [5, 5.41) is 9.78. The van der Waals surface area contributed by atoms with Gasteiger partial charge >= 0.3 is 17.9 Å². The molecule has 0 saturated carbocycles. The Kier molecular flexibility index (Phi) is 74.2. The molecule has 9 nitrogen and oxygen atoms in total. The van der Waals surface area contributed by atoms with Crippen molar-refractivity contribution in [2.75, 3.05) is 47.5 Å². The maximum absolute atomic E-state index is 13.0. The molecule has 94 heavy (non-hydrogen) atoms. The van der Waals surface area contributed by atoms with E-state index < -0.39 is 18.4 Å². The fraction of sp³-hybridized carbons (Fsp3) is 0.894. The van der Waals surface area contributed by atoms with Crippen molar-refractivity contribution in [1.82, 2.24) is 0 Å². The Labute approximate surface area is 585 Å². The van der Waals surface area contributed by atoms with Crippen molar-refractivity contribution in [2.45, 2.75) is 444 Å². The van der Waals surface area contributed by atoms with E-state index in [1.807, 2.05) is 21.1 Å². The van der Waals surface area contributed by atoms with E-state index in [0.29, 0.717) is 17.4 Å². The standard InChI is InChI=1S/C85H161NO8/c1-6-8-10-12-14-16-18-20-22-24-26-28-30-32-34-36-38-39-40-41-42-43-44-45-46-48-50-52-54-56-58-60-62-64-66-68-70-72-74-76-83(88)94-81(80-93-85(84(89)90)91-78-77-86(3,4)5)79-92-82(87)75-73-71-69-67-65-63-61-59-57-55-53-51-49-47-37-35-33-31-29-27-25-23-21-19-17-15-13-11-9-7-2/h18,20,24,26,30,32,81,85H,6-17,19,21-23,25,27-29,31,33-80H2,1-5H3/p+1/b20-18-,26-24-,32-30-. The lowest BCUT2D eigenvalue weighted by Gasteiger charge is -2.25. The predicted octanol–water partition coefficient (Wildman–Crippen LogP) is 26.7. The largest absolute Gasteiger partial charge is 0.477 e. The minimum atomic E-state index is -1.51. The van der Waals surface area contributed by atoms with Gasteiger partial charge in [-0.2, -0.15) is 0 Å². The fourth-order valence-electron chi connectivity index (χ4n) is 12.8. The highest BCUT2D eigenvalue weighted by molar-refractivity contribution is 5.71. The molecule has 1 N–H and O–H groups in total. The molecule has 0 heterocycles. The number of allylic oxidation sites excluding steroid dienone is 6. The van der Waals surface area contributed by atoms with Gasteiger partial charge in [-0.15, -0.1) is 0 Å². The zero-order chi connectivity index (χ0) is 68.2. The average molecular weight is 1330 g/mol. The summed E-state index contributed by atoms with van der Waals surface area (Å²) >= 11 is 0. The van der Waals surface area contributed by atoms with Gasteiger partial charge in [0.05, 0.1) is 34.4 Å². The van der Waals surface area contributed by atoms with E-state index in [-0.39, 0.29) is 38.2 Å². The SMILES string of the molecule is CCCCCCC/C=C\C/C=C\C/C=C\CCCCCCCCCCCCCCCCCCCCCCCCCCC(=O)OC(COC(=O)CCCCCCCCCCCCCCCCCCCCCCCCCCCCCCCC)COC(OCC[N+](C)(C)C)C(=O)O. The van der Waals surface area contributed by atoms with Gasteiger partial charge in [-0.1, -0.05) is 403 Å². The lowest BCUT2D eigenvalue weighted by atomic mass is 10.0. The van der Waals surface area contributed by atoms with Crippen LogP contribution in [0.5, 0.6) is 0 Å². The number of likely N-dealkylation sites (N-methyl/N-ethyl adjacent to an activating group) is 1. The molecule has 0 aliphatic heterocycles. The molecule has 0 radical (unpaired) electrons. The summed E-state index contributed by atoms with van der Waals surface area (Å²) in [7, 11) is 6.00. The second-order valence-corrected chi connectivity index (χ2v) is 29.8. The zero-order valence-electron chi connectivity index (χ0n) is 63.7. The number of nitrogens with zero attached hydrogens (tertiary/aromatic N) is 1. The number of carbonyl (C=O) groups excluding carboxylic acids is 2. The van der Waals surface area contributed by atoms with Gasteiger partial charge in [-0.25, -0.2) is 4.79 Å². The van der Waals surface area contributed by atoms with Crippen LogP contribution in [0.15, 0.2) is 36.5 Å². The highest BCUT2D eigenvalue weighted by atomic mass is 16.7. The topological polar surface area (TPSA) is 108 Å². The molecule has 0 rings (SSSR count). The van der Waals surface area contributed by atoms with Crippen LogP contribution < -0.4 is 0 Å². The van der Waals surface area contributed by atoms with Crippen LogP contribution in [0, 0.1) is 0 Å². The van der Waals surface area contributed by atoms with Crippen molar-refractivity contribution < 1.29 is 42.9 Å². The minimum Gasteiger partial charge on any atom is -0.477 e. The first-order chi connectivity index (χ1) is 46.1. The van der Waals surface area contributed by atoms with Crippen LogP contribution in [0.3, 0.4) is 0 Å². The molecule has 0 aromatic carbocycles. The van der Waals surface area contributed by atoms with Gasteiger partial charge in [-0.05, 0) is 51.4 Å². The maximum Gasteiger partial charge on any atom is 0.361 e. The third kappa shape index (κ3) is 76.9. The molecule has 0 amide bonds. The molecule has 0 fully saturated rings. The number of carbonyl (C=O) groups is 3. The fourth-order valence-corrected chi connectivity index (χ4v) is 12.8. The summed E-state index contributed by atoms with van der Waals surface area (Å²) in [6, 6.07) is 0. The van der Waals surface area contributed by atoms with E-state index in [1.54, 1.807) is 0 Å². The van der Waals surface area contributed by atoms with E-state index in [1.165, 1.54) is 353 Å². The van der Waals surface area contributed by atoms with Crippen LogP contribution in [-0.2, 0) is 33.3 Å². The summed E-state index contributed by atoms with van der Waals surface area (Å²) in [6.07, 6.45) is 96.1. The van der Waals surface area contributed by atoms with Gasteiger partial charge in [0.1, 0.15) is 13.2 Å². The first-order valence-electron chi connectivity index (χ1n) is 41.7. The third-order valence-corrected chi connectivity index (χ3v) is 19.1. The van der Waals surface area contributed by atoms with Crippen LogP contribution in [-0.4, -0.2) is 87.4 Å². The highest BCUT2D eigenvalue weighted by Gasteiger charge is 2.25. The van der Waals surface area contributed by atoms with Crippen molar-refractivity contribution >= 4 is 17.9 Å². The Morgan fingerprint density at radius 3 is 0.851 bits per heavy atom. The second kappa shape index (κ2) is 76.3. The monoisotopic (exact) mass is 1330 g/mol. The quantitative estimate of drug-likeness (QED) is 0.0211. The summed E-state index contributed by atoms with van der Waals surface area (Å²) in [4.78, 5) is 37.8. The van der Waals surface area contributed by atoms with Gasteiger partial charge in [0.15, 0.2) is 6.10 Å². The van der Waals surface area contributed by atoms with Gasteiger partial charge in [-0.3, -0.25) is 9.59 Å². The maximum atomic E-state index is 13.0. The van der Waals surface area contributed by atoms with E-state index in [4.69, 9.17) is 18.9 Å². The van der Waals surface area contributed by atoms with Crippen LogP contribution in [0.1, 0.15) is 431 Å². The van der Waals surface area contributed by atoms with Crippen molar-refractivity contribution in [1.29, 1.82) is 0 Å². The van der Waals surface area contributed by atoms with Gasteiger partial charge < -0.3 is 28.5 Å². The number of carboxylic acid groups (broad SMARTS) is 1. The Bertz CT molecular complexity index is 1640. The number of rotatable bonds is 79. The van der Waals surface area contributed by atoms with E-state index >= 15 is 0 Å². The summed E-state index contributed by atoms with van der Waals surface area (Å²) in [5.74, 6) is -1.97. The average Bonchev–Trinajstić information content (AvgIpc) is 3.76.